The molecule has 0 atom stereocenters. The number of nitrogens with one attached hydrogen (secondary N) is 2. The van der Waals surface area contributed by atoms with Gasteiger partial charge >= 0.3 is 0 Å². The van der Waals surface area contributed by atoms with Crippen molar-refractivity contribution >= 4 is 45.4 Å². The highest BCUT2D eigenvalue weighted by Crippen LogP contribution is 2.29. The molecule has 5 nitrogen and oxygen atoms in total. The lowest BCUT2D eigenvalue weighted by molar-refractivity contribution is 1.18. The Balaban J connectivity index is 1.65. The second-order valence-corrected chi connectivity index (χ2v) is 6.59. The molecule has 0 saturated heterocycles. The molecular formula is C21H14ClN5. The van der Waals surface area contributed by atoms with Crippen LogP contribution in [0.1, 0.15) is 0 Å². The summed E-state index contributed by atoms with van der Waals surface area (Å²) in [6, 6.07) is 23.5. The molecule has 0 spiro atoms. The fourth-order valence-electron chi connectivity index (χ4n) is 3.09. The van der Waals surface area contributed by atoms with Crippen LogP contribution in [0.5, 0.6) is 0 Å². The first-order chi connectivity index (χ1) is 13.3. The van der Waals surface area contributed by atoms with E-state index in [2.05, 4.69) is 20.3 Å². The molecule has 0 unspecified atom stereocenters. The fraction of sp³-hybridized carbons (Fsp3) is 0. The molecule has 130 valence electrons. The van der Waals surface area contributed by atoms with Gasteiger partial charge in [-0.25, -0.2) is 15.0 Å². The van der Waals surface area contributed by atoms with Crippen molar-refractivity contribution in [2.24, 2.45) is 0 Å². The predicted octanol–water partition coefficient (Wildman–Crippen LogP) is 5.57. The first kappa shape index (κ1) is 15.8. The Bertz CT molecular complexity index is 1230. The van der Waals surface area contributed by atoms with E-state index in [-0.39, 0.29) is 0 Å². The highest BCUT2D eigenvalue weighted by atomic mass is 35.5. The number of nitrogens with zero attached hydrogens (tertiary/aromatic N) is 3. The van der Waals surface area contributed by atoms with E-state index < -0.39 is 0 Å². The molecule has 0 radical (unpaired) electrons. The molecule has 0 bridgehead atoms. The minimum absolute atomic E-state index is 0.461. The lowest BCUT2D eigenvalue weighted by Crippen LogP contribution is -2.01. The zero-order valence-corrected chi connectivity index (χ0v) is 14.9. The molecule has 0 aliphatic rings. The number of H-pyrrole nitrogens is 1. The topological polar surface area (TPSA) is 66.5 Å². The molecule has 27 heavy (non-hydrogen) atoms. The van der Waals surface area contributed by atoms with Crippen molar-refractivity contribution in [2.75, 3.05) is 5.32 Å². The average molecular weight is 372 g/mol. The summed E-state index contributed by atoms with van der Waals surface area (Å²) in [4.78, 5) is 17.1. The Morgan fingerprint density at radius 3 is 2.44 bits per heavy atom. The van der Waals surface area contributed by atoms with Crippen LogP contribution in [0.15, 0.2) is 72.8 Å². The standard InChI is InChI=1S/C21H14ClN5/c22-14-10-11-15-18(12-14)25-21(26-19(15)13-6-2-1-3-7-13)27-20-23-16-8-4-5-9-17(16)24-20/h1-12H,(H2,23,24,25,26,27). The van der Waals surface area contributed by atoms with Crippen LogP contribution in [0.3, 0.4) is 0 Å². The van der Waals surface area contributed by atoms with Gasteiger partial charge in [-0.2, -0.15) is 0 Å². The zero-order chi connectivity index (χ0) is 18.2. The summed E-state index contributed by atoms with van der Waals surface area (Å²) in [6.07, 6.45) is 0. The van der Waals surface area contributed by atoms with E-state index in [1.807, 2.05) is 72.8 Å². The minimum Gasteiger partial charge on any atom is -0.324 e. The number of hydrogen-bond acceptors (Lipinski definition) is 4. The number of benzene rings is 3. The second kappa shape index (κ2) is 6.37. The molecule has 2 heterocycles. The van der Waals surface area contributed by atoms with Crippen molar-refractivity contribution in [1.82, 2.24) is 19.9 Å². The number of para-hydroxylation sites is 2. The summed E-state index contributed by atoms with van der Waals surface area (Å²) in [7, 11) is 0. The van der Waals surface area contributed by atoms with Gasteiger partial charge in [-0.3, -0.25) is 5.32 Å². The van der Waals surface area contributed by atoms with Crippen LogP contribution in [-0.4, -0.2) is 19.9 Å². The smallest absolute Gasteiger partial charge is 0.230 e. The third-order valence-corrected chi connectivity index (χ3v) is 4.56. The van der Waals surface area contributed by atoms with Gasteiger partial charge in [-0.1, -0.05) is 54.1 Å². The molecule has 5 aromatic rings. The number of anilines is 2. The number of fused-ring (bicyclic) bond motifs is 2. The van der Waals surface area contributed by atoms with E-state index >= 15 is 0 Å². The van der Waals surface area contributed by atoms with E-state index in [1.54, 1.807) is 0 Å². The second-order valence-electron chi connectivity index (χ2n) is 6.15. The van der Waals surface area contributed by atoms with Gasteiger partial charge in [-0.15, -0.1) is 0 Å². The molecule has 0 amide bonds. The summed E-state index contributed by atoms with van der Waals surface area (Å²) >= 11 is 6.18. The van der Waals surface area contributed by atoms with E-state index in [4.69, 9.17) is 16.6 Å². The lowest BCUT2D eigenvalue weighted by atomic mass is 10.1. The Morgan fingerprint density at radius 2 is 1.59 bits per heavy atom. The van der Waals surface area contributed by atoms with Gasteiger partial charge in [0.15, 0.2) is 0 Å². The number of hydrogen-bond donors (Lipinski definition) is 2. The number of halogens is 1. The Labute approximate surface area is 160 Å². The summed E-state index contributed by atoms with van der Waals surface area (Å²) in [5.74, 6) is 1.05. The van der Waals surface area contributed by atoms with Crippen LogP contribution in [0.2, 0.25) is 5.02 Å². The summed E-state index contributed by atoms with van der Waals surface area (Å²) in [6.45, 7) is 0. The Kier molecular flexibility index (Phi) is 3.73. The molecular weight excluding hydrogens is 358 g/mol. The number of imidazole rings is 1. The summed E-state index contributed by atoms with van der Waals surface area (Å²) < 4.78 is 0. The SMILES string of the molecule is Clc1ccc2c(-c3ccccc3)nc(Nc3nc4ccccc4[nH]3)nc2c1. The largest absolute Gasteiger partial charge is 0.324 e. The van der Waals surface area contributed by atoms with Gasteiger partial charge in [0, 0.05) is 16.0 Å². The summed E-state index contributed by atoms with van der Waals surface area (Å²) in [5.41, 5.74) is 4.46. The predicted molar refractivity (Wildman–Crippen MR) is 109 cm³/mol. The molecule has 5 rings (SSSR count). The van der Waals surface area contributed by atoms with E-state index in [0.717, 1.165) is 33.2 Å². The molecule has 3 aromatic carbocycles. The van der Waals surface area contributed by atoms with Crippen molar-refractivity contribution in [3.8, 4) is 11.3 Å². The number of rotatable bonds is 3. The van der Waals surface area contributed by atoms with Crippen LogP contribution in [0.4, 0.5) is 11.9 Å². The first-order valence-electron chi connectivity index (χ1n) is 8.51. The van der Waals surface area contributed by atoms with Crippen LogP contribution < -0.4 is 5.32 Å². The summed E-state index contributed by atoms with van der Waals surface area (Å²) in [5, 5.41) is 4.76. The molecule has 0 fully saturated rings. The van der Waals surface area contributed by atoms with Crippen molar-refractivity contribution in [1.29, 1.82) is 0 Å². The monoisotopic (exact) mass is 371 g/mol. The van der Waals surface area contributed by atoms with E-state index in [9.17, 15) is 0 Å². The van der Waals surface area contributed by atoms with Crippen molar-refractivity contribution in [2.45, 2.75) is 0 Å². The number of aromatic amines is 1. The zero-order valence-electron chi connectivity index (χ0n) is 14.1. The van der Waals surface area contributed by atoms with Gasteiger partial charge in [0.2, 0.25) is 11.9 Å². The highest BCUT2D eigenvalue weighted by molar-refractivity contribution is 6.31. The molecule has 0 aliphatic carbocycles. The van der Waals surface area contributed by atoms with Crippen molar-refractivity contribution in [3.63, 3.8) is 0 Å². The maximum Gasteiger partial charge on any atom is 0.230 e. The quantitative estimate of drug-likeness (QED) is 0.435. The lowest BCUT2D eigenvalue weighted by Gasteiger charge is -2.09. The van der Waals surface area contributed by atoms with Gasteiger partial charge in [0.25, 0.3) is 0 Å². The van der Waals surface area contributed by atoms with Crippen LogP contribution >= 0.6 is 11.6 Å². The molecule has 0 saturated carbocycles. The highest BCUT2D eigenvalue weighted by Gasteiger charge is 2.12. The Morgan fingerprint density at radius 1 is 0.778 bits per heavy atom. The fourth-order valence-corrected chi connectivity index (χ4v) is 3.26. The molecule has 6 heteroatoms. The van der Waals surface area contributed by atoms with Crippen LogP contribution in [0, 0.1) is 0 Å². The van der Waals surface area contributed by atoms with Gasteiger partial charge in [0.1, 0.15) is 0 Å². The molecule has 2 N–H and O–H groups in total. The Hall–Kier alpha value is -3.44. The maximum absolute atomic E-state index is 6.18. The van der Waals surface area contributed by atoms with Gasteiger partial charge in [0.05, 0.1) is 22.2 Å². The van der Waals surface area contributed by atoms with Crippen LogP contribution in [-0.2, 0) is 0 Å². The average Bonchev–Trinajstić information content (AvgIpc) is 3.10. The first-order valence-corrected chi connectivity index (χ1v) is 8.88. The minimum atomic E-state index is 0.461. The third kappa shape index (κ3) is 2.98. The van der Waals surface area contributed by atoms with Gasteiger partial charge < -0.3 is 4.98 Å². The molecule has 0 aliphatic heterocycles. The van der Waals surface area contributed by atoms with Crippen molar-refractivity contribution in [3.05, 3.63) is 77.8 Å². The maximum atomic E-state index is 6.18. The van der Waals surface area contributed by atoms with Crippen LogP contribution in [0.25, 0.3) is 33.2 Å². The van der Waals surface area contributed by atoms with E-state index in [0.29, 0.717) is 16.9 Å². The third-order valence-electron chi connectivity index (χ3n) is 4.33. The van der Waals surface area contributed by atoms with Crippen molar-refractivity contribution < 1.29 is 0 Å². The normalized spacial score (nSPS) is 11.1. The molecule has 2 aromatic heterocycles. The number of aromatic nitrogens is 4. The van der Waals surface area contributed by atoms with Gasteiger partial charge in [-0.05, 0) is 30.3 Å². The van der Waals surface area contributed by atoms with E-state index in [1.165, 1.54) is 0 Å².